The lowest BCUT2D eigenvalue weighted by molar-refractivity contribution is -0.120. The van der Waals surface area contributed by atoms with Gasteiger partial charge in [-0.25, -0.2) is 4.79 Å². The second kappa shape index (κ2) is 9.83. The Balaban J connectivity index is 0.000000248. The van der Waals surface area contributed by atoms with E-state index < -0.39 is 5.97 Å². The lowest BCUT2D eigenvalue weighted by atomic mass is 10.0. The van der Waals surface area contributed by atoms with Gasteiger partial charge in [0.1, 0.15) is 0 Å². The Bertz CT molecular complexity index is 1050. The molecule has 3 aromatic carbocycles. The van der Waals surface area contributed by atoms with Gasteiger partial charge >= 0.3 is 5.97 Å². The zero-order valence-electron chi connectivity index (χ0n) is 16.5. The number of ether oxygens (including phenoxy) is 1. The Labute approximate surface area is 174 Å². The van der Waals surface area contributed by atoms with Gasteiger partial charge < -0.3 is 32.8 Å². The molecule has 9 N–H and O–H groups in total. The van der Waals surface area contributed by atoms with Crippen molar-refractivity contribution in [2.45, 2.75) is 13.3 Å². The van der Waals surface area contributed by atoms with E-state index in [0.717, 1.165) is 28.8 Å². The highest BCUT2D eigenvalue weighted by atomic mass is 16.5. The summed E-state index contributed by atoms with van der Waals surface area (Å²) in [7, 11) is 0. The van der Waals surface area contributed by atoms with Crippen molar-refractivity contribution < 1.29 is 19.4 Å². The molecule has 0 spiro atoms. The molecule has 0 bridgehead atoms. The lowest BCUT2D eigenvalue weighted by Crippen LogP contribution is -1.99. The van der Waals surface area contributed by atoms with Gasteiger partial charge in [-0.3, -0.25) is 4.79 Å². The Kier molecular flexibility index (Phi) is 7.24. The van der Waals surface area contributed by atoms with Crippen molar-refractivity contribution in [1.82, 2.24) is 0 Å². The largest absolute Gasteiger partial charge is 0.478 e. The van der Waals surface area contributed by atoms with Crippen LogP contribution in [0.15, 0.2) is 54.6 Å². The molecule has 0 radical (unpaired) electrons. The molecular weight excluding hydrogens is 384 g/mol. The van der Waals surface area contributed by atoms with Gasteiger partial charge in [-0.05, 0) is 66.4 Å². The van der Waals surface area contributed by atoms with E-state index >= 15 is 0 Å². The molecule has 0 fully saturated rings. The predicted molar refractivity (Wildman–Crippen MR) is 118 cm³/mol. The number of aryl methyl sites for hydroxylation is 1. The van der Waals surface area contributed by atoms with E-state index in [2.05, 4.69) is 0 Å². The van der Waals surface area contributed by atoms with Crippen LogP contribution >= 0.6 is 0 Å². The predicted octanol–water partition coefficient (Wildman–Crippen LogP) is 2.83. The van der Waals surface area contributed by atoms with Crippen molar-refractivity contribution in [3.05, 3.63) is 76.9 Å². The summed E-state index contributed by atoms with van der Waals surface area (Å²) < 4.78 is 4.83. The maximum Gasteiger partial charge on any atom is 0.335 e. The minimum Gasteiger partial charge on any atom is -0.478 e. The molecule has 8 nitrogen and oxygen atoms in total. The van der Waals surface area contributed by atoms with E-state index in [1.165, 1.54) is 18.2 Å². The number of nitrogens with two attached hydrogens (primary N) is 4. The molecule has 3 aromatic rings. The summed E-state index contributed by atoms with van der Waals surface area (Å²) in [6.45, 7) is 2.35. The van der Waals surface area contributed by atoms with Crippen LogP contribution in [-0.4, -0.2) is 17.5 Å². The van der Waals surface area contributed by atoms with Gasteiger partial charge in [0.25, 0.3) is 6.47 Å². The van der Waals surface area contributed by atoms with Crippen molar-refractivity contribution in [3.8, 4) is 5.75 Å². The van der Waals surface area contributed by atoms with Gasteiger partial charge in [0.15, 0.2) is 5.75 Å². The number of hydrogen-bond acceptors (Lipinski definition) is 7. The summed E-state index contributed by atoms with van der Waals surface area (Å²) >= 11 is 0. The van der Waals surface area contributed by atoms with E-state index in [9.17, 15) is 9.59 Å². The van der Waals surface area contributed by atoms with E-state index in [1.807, 2.05) is 31.2 Å². The number of anilines is 4. The standard InChI is InChI=1S/C15H16N2O2.C7H8N2O2/c1-10-6-11(2-4-13(10)16)7-12-3-5-14(17)15(8-12)19-9-18;8-5-1-4(7(10)11)2-6(9)3-5/h2-6,8-9H,7,16-17H2,1H3;1-3H,8-9H2,(H,10,11). The van der Waals surface area contributed by atoms with Crippen LogP contribution in [0.25, 0.3) is 0 Å². The fourth-order valence-corrected chi connectivity index (χ4v) is 2.73. The monoisotopic (exact) mass is 408 g/mol. The Morgan fingerprint density at radius 3 is 2.00 bits per heavy atom. The second-order valence-corrected chi connectivity index (χ2v) is 6.65. The number of carbonyl (C=O) groups excluding carboxylic acids is 1. The zero-order valence-corrected chi connectivity index (χ0v) is 16.5. The third-order valence-electron chi connectivity index (χ3n) is 4.22. The van der Waals surface area contributed by atoms with Crippen LogP contribution in [0.2, 0.25) is 0 Å². The highest BCUT2D eigenvalue weighted by Crippen LogP contribution is 2.24. The van der Waals surface area contributed by atoms with Crippen molar-refractivity contribution in [1.29, 1.82) is 0 Å². The minimum atomic E-state index is -1.02. The molecule has 0 unspecified atom stereocenters. The fraction of sp³-hybridized carbons (Fsp3) is 0.0909. The van der Waals surface area contributed by atoms with Gasteiger partial charge in [0.05, 0.1) is 11.3 Å². The smallest absolute Gasteiger partial charge is 0.335 e. The average Bonchev–Trinajstić information content (AvgIpc) is 2.67. The first-order chi connectivity index (χ1) is 14.2. The molecule has 0 saturated heterocycles. The van der Waals surface area contributed by atoms with E-state index in [1.54, 1.807) is 12.1 Å². The highest BCUT2D eigenvalue weighted by molar-refractivity contribution is 5.90. The normalized spacial score (nSPS) is 9.90. The summed E-state index contributed by atoms with van der Waals surface area (Å²) in [6, 6.07) is 15.6. The first-order valence-electron chi connectivity index (χ1n) is 8.92. The van der Waals surface area contributed by atoms with Gasteiger partial charge in [-0.2, -0.15) is 0 Å². The average molecular weight is 408 g/mol. The number of benzene rings is 3. The van der Waals surface area contributed by atoms with Gasteiger partial charge in [0, 0.05) is 17.1 Å². The topological polar surface area (TPSA) is 168 Å². The minimum absolute atomic E-state index is 0.113. The van der Waals surface area contributed by atoms with Crippen LogP contribution in [0.3, 0.4) is 0 Å². The Hall–Kier alpha value is -4.20. The van der Waals surface area contributed by atoms with Crippen LogP contribution in [-0.2, 0) is 11.2 Å². The molecule has 3 rings (SSSR count). The van der Waals surface area contributed by atoms with Crippen LogP contribution in [0.5, 0.6) is 5.75 Å². The maximum absolute atomic E-state index is 10.4. The molecule has 30 heavy (non-hydrogen) atoms. The third kappa shape index (κ3) is 6.16. The van der Waals surface area contributed by atoms with Crippen LogP contribution in [0.4, 0.5) is 22.7 Å². The summed E-state index contributed by atoms with van der Waals surface area (Å²) in [5.74, 6) is -0.635. The SMILES string of the molecule is Cc1cc(Cc2ccc(N)c(OC=O)c2)ccc1N.Nc1cc(N)cc(C(=O)O)c1. The van der Waals surface area contributed by atoms with Crippen molar-refractivity contribution in [3.63, 3.8) is 0 Å². The summed E-state index contributed by atoms with van der Waals surface area (Å²) in [5.41, 5.74) is 27.5. The number of carboxylic acids is 1. The molecule has 8 heteroatoms. The molecule has 0 heterocycles. The second-order valence-electron chi connectivity index (χ2n) is 6.65. The fourth-order valence-electron chi connectivity index (χ4n) is 2.73. The highest BCUT2D eigenvalue weighted by Gasteiger charge is 2.05. The van der Waals surface area contributed by atoms with Gasteiger partial charge in [0.2, 0.25) is 0 Å². The molecule has 0 aromatic heterocycles. The molecule has 0 amide bonds. The first-order valence-corrected chi connectivity index (χ1v) is 8.92. The van der Waals surface area contributed by atoms with E-state index in [0.29, 0.717) is 29.3 Å². The molecule has 0 aliphatic rings. The first kappa shape index (κ1) is 22.1. The molecular formula is C22H24N4O4. The molecule has 0 aliphatic heterocycles. The summed E-state index contributed by atoms with van der Waals surface area (Å²) in [5, 5.41) is 8.52. The van der Waals surface area contributed by atoms with Crippen LogP contribution in [0, 0.1) is 6.92 Å². The number of carbonyl (C=O) groups is 2. The van der Waals surface area contributed by atoms with E-state index in [4.69, 9.17) is 32.8 Å². The van der Waals surface area contributed by atoms with Crippen molar-refractivity contribution in [2.75, 3.05) is 22.9 Å². The van der Waals surface area contributed by atoms with Gasteiger partial charge in [-0.1, -0.05) is 18.2 Å². The number of hydrogen-bond donors (Lipinski definition) is 5. The quantitative estimate of drug-likeness (QED) is 0.317. The zero-order chi connectivity index (χ0) is 22.3. The molecule has 0 aliphatic carbocycles. The summed E-state index contributed by atoms with van der Waals surface area (Å²) in [6.07, 6.45) is 0.733. The number of nitrogen functional groups attached to an aromatic ring is 4. The van der Waals surface area contributed by atoms with Crippen molar-refractivity contribution in [2.24, 2.45) is 0 Å². The summed E-state index contributed by atoms with van der Waals surface area (Å²) in [4.78, 5) is 20.8. The maximum atomic E-state index is 10.4. The van der Waals surface area contributed by atoms with Crippen molar-refractivity contribution >= 4 is 35.2 Å². The van der Waals surface area contributed by atoms with Crippen LogP contribution < -0.4 is 27.7 Å². The van der Waals surface area contributed by atoms with E-state index in [-0.39, 0.29) is 5.56 Å². The lowest BCUT2D eigenvalue weighted by Gasteiger charge is -2.08. The van der Waals surface area contributed by atoms with Gasteiger partial charge in [-0.15, -0.1) is 0 Å². The number of rotatable bonds is 5. The van der Waals surface area contributed by atoms with Crippen LogP contribution in [0.1, 0.15) is 27.0 Å². The Morgan fingerprint density at radius 2 is 1.47 bits per heavy atom. The third-order valence-corrected chi connectivity index (χ3v) is 4.22. The Morgan fingerprint density at radius 1 is 0.900 bits per heavy atom. The number of carboxylic acid groups (broad SMARTS) is 1. The molecule has 0 saturated carbocycles. The molecule has 156 valence electrons. The molecule has 0 atom stereocenters. The number of aromatic carboxylic acids is 1.